The second-order valence-corrected chi connectivity index (χ2v) is 7.16. The minimum Gasteiger partial charge on any atom is -0.332 e. The zero-order chi connectivity index (χ0) is 15.6. The maximum atomic E-state index is 13.7. The van der Waals surface area contributed by atoms with Gasteiger partial charge in [0.25, 0.3) is 5.91 Å². The van der Waals surface area contributed by atoms with E-state index in [1.165, 1.54) is 11.3 Å². The highest BCUT2D eigenvalue weighted by atomic mass is 79.9. The summed E-state index contributed by atoms with van der Waals surface area (Å²) < 4.78 is 28.0. The summed E-state index contributed by atoms with van der Waals surface area (Å²) in [6.07, 6.45) is 0. The molecule has 1 aromatic carbocycles. The Morgan fingerprint density at radius 3 is 2.57 bits per heavy atom. The minimum atomic E-state index is -1.20. The van der Waals surface area contributed by atoms with Crippen molar-refractivity contribution in [3.63, 3.8) is 0 Å². The van der Waals surface area contributed by atoms with Crippen molar-refractivity contribution in [1.82, 2.24) is 5.32 Å². The normalized spacial score (nSPS) is 11.8. The van der Waals surface area contributed by atoms with Gasteiger partial charge in [-0.25, -0.2) is 8.78 Å². The molecule has 0 radical (unpaired) electrons. The molecule has 1 amide bonds. The fourth-order valence-electron chi connectivity index (χ4n) is 1.58. The molecular formula is C13H6Br2F2N2OS. The van der Waals surface area contributed by atoms with Gasteiger partial charge in [-0.2, -0.15) is 5.26 Å². The van der Waals surface area contributed by atoms with Gasteiger partial charge in [0.2, 0.25) is 0 Å². The highest BCUT2D eigenvalue weighted by Gasteiger charge is 2.20. The van der Waals surface area contributed by atoms with E-state index in [0.717, 1.165) is 15.9 Å². The Balaban J connectivity index is 2.23. The van der Waals surface area contributed by atoms with Crippen molar-refractivity contribution in [2.75, 3.05) is 0 Å². The van der Waals surface area contributed by atoms with Crippen LogP contribution in [0.3, 0.4) is 0 Å². The molecule has 1 aromatic heterocycles. The van der Waals surface area contributed by atoms with Gasteiger partial charge in [-0.1, -0.05) is 6.07 Å². The summed E-state index contributed by atoms with van der Waals surface area (Å²) in [6.45, 7) is 0. The monoisotopic (exact) mass is 434 g/mol. The molecular weight excluding hydrogens is 430 g/mol. The number of rotatable bonds is 3. The van der Waals surface area contributed by atoms with Gasteiger partial charge >= 0.3 is 0 Å². The predicted octanol–water partition coefficient (Wildman–Crippen LogP) is 4.55. The van der Waals surface area contributed by atoms with Crippen LogP contribution in [0.15, 0.2) is 32.5 Å². The molecule has 1 heterocycles. The summed E-state index contributed by atoms with van der Waals surface area (Å²) in [5, 5.41) is 11.5. The molecule has 21 heavy (non-hydrogen) atoms. The fourth-order valence-corrected chi connectivity index (χ4v) is 3.51. The largest absolute Gasteiger partial charge is 0.332 e. The van der Waals surface area contributed by atoms with Gasteiger partial charge in [-0.3, -0.25) is 4.79 Å². The number of amides is 1. The van der Waals surface area contributed by atoms with Crippen molar-refractivity contribution < 1.29 is 13.6 Å². The van der Waals surface area contributed by atoms with Crippen LogP contribution in [-0.4, -0.2) is 5.91 Å². The maximum absolute atomic E-state index is 13.7. The highest BCUT2D eigenvalue weighted by molar-refractivity contribution is 9.13. The number of nitrogens with zero attached hydrogens (tertiary/aromatic N) is 1. The zero-order valence-corrected chi connectivity index (χ0v) is 14.2. The van der Waals surface area contributed by atoms with Crippen molar-refractivity contribution >= 4 is 49.1 Å². The van der Waals surface area contributed by atoms with E-state index in [-0.39, 0.29) is 5.56 Å². The van der Waals surface area contributed by atoms with Crippen LogP contribution in [0.1, 0.15) is 21.3 Å². The number of nitrogens with one attached hydrogen (secondary N) is 1. The molecule has 0 aliphatic carbocycles. The predicted molar refractivity (Wildman–Crippen MR) is 81.9 cm³/mol. The molecule has 0 fully saturated rings. The average molecular weight is 436 g/mol. The van der Waals surface area contributed by atoms with E-state index in [2.05, 4.69) is 37.2 Å². The van der Waals surface area contributed by atoms with Gasteiger partial charge in [0.1, 0.15) is 17.7 Å². The topological polar surface area (TPSA) is 52.9 Å². The molecule has 0 saturated heterocycles. The van der Waals surface area contributed by atoms with E-state index in [1.807, 2.05) is 0 Å². The average Bonchev–Trinajstić information content (AvgIpc) is 2.76. The summed E-state index contributed by atoms with van der Waals surface area (Å²) >= 11 is 7.68. The van der Waals surface area contributed by atoms with Crippen LogP contribution < -0.4 is 5.32 Å². The van der Waals surface area contributed by atoms with E-state index >= 15 is 0 Å². The lowest BCUT2D eigenvalue weighted by molar-refractivity contribution is 0.0949. The Morgan fingerprint density at radius 1 is 1.33 bits per heavy atom. The Hall–Kier alpha value is -1.30. The third kappa shape index (κ3) is 3.67. The van der Waals surface area contributed by atoms with Gasteiger partial charge < -0.3 is 5.32 Å². The van der Waals surface area contributed by atoms with Crippen molar-refractivity contribution in [1.29, 1.82) is 5.26 Å². The Kier molecular flexibility index (Phi) is 5.08. The number of thiophene rings is 1. The summed E-state index contributed by atoms with van der Waals surface area (Å²) in [4.78, 5) is 12.4. The van der Waals surface area contributed by atoms with E-state index < -0.39 is 23.6 Å². The van der Waals surface area contributed by atoms with E-state index in [9.17, 15) is 13.6 Å². The van der Waals surface area contributed by atoms with Crippen LogP contribution in [0, 0.1) is 23.0 Å². The molecule has 108 valence electrons. The quantitative estimate of drug-likeness (QED) is 0.768. The summed E-state index contributed by atoms with van der Waals surface area (Å²) in [7, 11) is 0. The van der Waals surface area contributed by atoms with Crippen LogP contribution in [0.4, 0.5) is 8.78 Å². The number of hydrogen-bond donors (Lipinski definition) is 1. The van der Waals surface area contributed by atoms with Crippen LogP contribution in [0.2, 0.25) is 0 Å². The minimum absolute atomic E-state index is 0.0815. The molecule has 0 bridgehead atoms. The number of benzene rings is 1. The second-order valence-electron chi connectivity index (χ2n) is 3.93. The molecule has 2 rings (SSSR count). The van der Waals surface area contributed by atoms with Gasteiger partial charge in [-0.15, -0.1) is 11.3 Å². The number of carbonyl (C=O) groups is 1. The Bertz CT molecular complexity index is 723. The lowest BCUT2D eigenvalue weighted by Gasteiger charge is -2.12. The molecule has 2 aromatic rings. The molecule has 3 nitrogen and oxygen atoms in total. The highest BCUT2D eigenvalue weighted by Crippen LogP contribution is 2.32. The van der Waals surface area contributed by atoms with Gasteiger partial charge in [0, 0.05) is 16.1 Å². The van der Waals surface area contributed by atoms with Gasteiger partial charge in [-0.05, 0) is 44.0 Å². The summed E-state index contributed by atoms with van der Waals surface area (Å²) in [6, 6.07) is 5.02. The molecule has 1 N–H and O–H groups in total. The number of nitriles is 1. The number of halogens is 4. The molecule has 1 atom stereocenters. The molecule has 0 aliphatic rings. The van der Waals surface area contributed by atoms with E-state index in [1.54, 1.807) is 12.1 Å². The standard InChI is InChI=1S/C13H6Br2F2N2OS/c14-8-4-11(21-12(8)15)13(20)19-10(5-18)7-2-1-6(16)3-9(7)17/h1-4,10H,(H,19,20). The third-order valence-electron chi connectivity index (χ3n) is 2.55. The van der Waals surface area contributed by atoms with Crippen LogP contribution in [-0.2, 0) is 0 Å². The van der Waals surface area contributed by atoms with Crippen molar-refractivity contribution in [3.05, 3.63) is 54.6 Å². The maximum Gasteiger partial charge on any atom is 0.262 e. The SMILES string of the molecule is N#CC(NC(=O)c1cc(Br)c(Br)s1)c1ccc(F)cc1F. The first-order valence-corrected chi connectivity index (χ1v) is 7.93. The van der Waals surface area contributed by atoms with Crippen molar-refractivity contribution in [2.45, 2.75) is 6.04 Å². The first-order valence-electron chi connectivity index (χ1n) is 5.52. The number of carbonyl (C=O) groups excluding carboxylic acids is 1. The molecule has 0 spiro atoms. The summed E-state index contributed by atoms with van der Waals surface area (Å²) in [5.74, 6) is -2.14. The van der Waals surface area contributed by atoms with Gasteiger partial charge in [0.05, 0.1) is 14.7 Å². The lowest BCUT2D eigenvalue weighted by atomic mass is 10.1. The number of hydrogen-bond acceptors (Lipinski definition) is 3. The molecule has 1 unspecified atom stereocenters. The smallest absolute Gasteiger partial charge is 0.262 e. The van der Waals surface area contributed by atoms with E-state index in [4.69, 9.17) is 5.26 Å². The lowest BCUT2D eigenvalue weighted by Crippen LogP contribution is -2.27. The third-order valence-corrected chi connectivity index (χ3v) is 5.80. The molecule has 0 saturated carbocycles. The fraction of sp³-hybridized carbons (Fsp3) is 0.0769. The van der Waals surface area contributed by atoms with Crippen molar-refractivity contribution in [2.24, 2.45) is 0 Å². The first kappa shape index (κ1) is 16.1. The Labute approximate surface area is 139 Å². The molecule has 0 aliphatic heterocycles. The second kappa shape index (κ2) is 6.64. The summed E-state index contributed by atoms with van der Waals surface area (Å²) in [5.41, 5.74) is -0.0815. The van der Waals surface area contributed by atoms with E-state index in [0.29, 0.717) is 15.4 Å². The van der Waals surface area contributed by atoms with Crippen LogP contribution in [0.25, 0.3) is 0 Å². The van der Waals surface area contributed by atoms with Crippen molar-refractivity contribution in [3.8, 4) is 6.07 Å². The molecule has 8 heteroatoms. The van der Waals surface area contributed by atoms with Gasteiger partial charge in [0.15, 0.2) is 0 Å². The zero-order valence-electron chi connectivity index (χ0n) is 10.2. The first-order chi connectivity index (χ1) is 9.92. The Morgan fingerprint density at radius 2 is 2.05 bits per heavy atom. The van der Waals surface area contributed by atoms with Crippen LogP contribution >= 0.6 is 43.2 Å². The van der Waals surface area contributed by atoms with Crippen LogP contribution in [0.5, 0.6) is 0 Å².